The van der Waals surface area contributed by atoms with Crippen molar-refractivity contribution in [1.29, 1.82) is 0 Å². The molecule has 0 aliphatic rings. The van der Waals surface area contributed by atoms with Gasteiger partial charge in [0.15, 0.2) is 0 Å². The number of rotatable bonds is 6. The third-order valence-electron chi connectivity index (χ3n) is 3.39. The van der Waals surface area contributed by atoms with Crippen molar-refractivity contribution in [2.45, 2.75) is 11.8 Å². The van der Waals surface area contributed by atoms with E-state index in [9.17, 15) is 4.79 Å². The van der Waals surface area contributed by atoms with Gasteiger partial charge >= 0.3 is 6.01 Å². The summed E-state index contributed by atoms with van der Waals surface area (Å²) < 4.78 is 10.6. The van der Waals surface area contributed by atoms with Gasteiger partial charge in [0, 0.05) is 16.0 Å². The van der Waals surface area contributed by atoms with Crippen LogP contribution >= 0.6 is 11.8 Å². The Bertz CT molecular complexity index is 862. The first-order valence-electron chi connectivity index (χ1n) is 7.71. The van der Waals surface area contributed by atoms with Gasteiger partial charge < -0.3 is 9.15 Å². The van der Waals surface area contributed by atoms with Gasteiger partial charge in [0.1, 0.15) is 5.75 Å². The zero-order valence-corrected chi connectivity index (χ0v) is 14.7. The number of carbonyl (C=O) groups excluding carboxylic acids is 1. The Morgan fingerprint density at radius 1 is 1.20 bits per heavy atom. The Balaban J connectivity index is 1.72. The first-order chi connectivity index (χ1) is 12.2. The molecule has 1 amide bonds. The second-order valence-corrected chi connectivity index (χ2v) is 6.39. The standard InChI is InChI=1S/C18H17N3O3S/c1-3-25-15-6-4-5-13(11-15)16(22)19-18-21-20-17(24-18)12-7-9-14(23-2)10-8-12/h4-11H,3H2,1-2H3,(H,19,21,22). The lowest BCUT2D eigenvalue weighted by atomic mass is 10.2. The highest BCUT2D eigenvalue weighted by Crippen LogP contribution is 2.23. The van der Waals surface area contributed by atoms with Gasteiger partial charge in [-0.05, 0) is 48.2 Å². The minimum Gasteiger partial charge on any atom is -0.497 e. The maximum atomic E-state index is 12.3. The van der Waals surface area contributed by atoms with Gasteiger partial charge in [-0.25, -0.2) is 0 Å². The van der Waals surface area contributed by atoms with E-state index in [2.05, 4.69) is 22.4 Å². The van der Waals surface area contributed by atoms with E-state index >= 15 is 0 Å². The van der Waals surface area contributed by atoms with Crippen LogP contribution in [0.4, 0.5) is 6.01 Å². The monoisotopic (exact) mass is 355 g/mol. The zero-order valence-electron chi connectivity index (χ0n) is 13.9. The van der Waals surface area contributed by atoms with Crippen LogP contribution in [0, 0.1) is 0 Å². The van der Waals surface area contributed by atoms with Crippen molar-refractivity contribution in [1.82, 2.24) is 10.2 Å². The van der Waals surface area contributed by atoms with Crippen LogP contribution in [0.2, 0.25) is 0 Å². The quantitative estimate of drug-likeness (QED) is 0.671. The molecule has 1 N–H and O–H groups in total. The number of anilines is 1. The van der Waals surface area contributed by atoms with Gasteiger partial charge in [-0.1, -0.05) is 18.1 Å². The lowest BCUT2D eigenvalue weighted by Gasteiger charge is -2.03. The van der Waals surface area contributed by atoms with Crippen molar-refractivity contribution >= 4 is 23.7 Å². The molecule has 0 saturated carbocycles. The largest absolute Gasteiger partial charge is 0.497 e. The molecule has 1 heterocycles. The molecule has 0 atom stereocenters. The van der Waals surface area contributed by atoms with Crippen LogP contribution in [-0.2, 0) is 0 Å². The topological polar surface area (TPSA) is 77.2 Å². The number of nitrogens with one attached hydrogen (secondary N) is 1. The SMILES string of the molecule is CCSc1cccc(C(=O)Nc2nnc(-c3ccc(OC)cc3)o2)c1. The van der Waals surface area contributed by atoms with E-state index in [4.69, 9.17) is 9.15 Å². The first-order valence-corrected chi connectivity index (χ1v) is 8.70. The molecule has 25 heavy (non-hydrogen) atoms. The van der Waals surface area contributed by atoms with Crippen molar-refractivity contribution < 1.29 is 13.9 Å². The molecule has 128 valence electrons. The van der Waals surface area contributed by atoms with Crippen LogP contribution in [0.1, 0.15) is 17.3 Å². The number of aromatic nitrogens is 2. The van der Waals surface area contributed by atoms with Crippen LogP contribution in [0.15, 0.2) is 57.8 Å². The van der Waals surface area contributed by atoms with Gasteiger partial charge in [-0.3, -0.25) is 10.1 Å². The Morgan fingerprint density at radius 3 is 2.72 bits per heavy atom. The summed E-state index contributed by atoms with van der Waals surface area (Å²) in [5.41, 5.74) is 1.29. The van der Waals surface area contributed by atoms with E-state index in [1.54, 1.807) is 37.1 Å². The number of amides is 1. The molecule has 3 rings (SSSR count). The Labute approximate surface area is 149 Å². The molecule has 7 heteroatoms. The molecule has 0 fully saturated rings. The molecule has 0 radical (unpaired) electrons. The van der Waals surface area contributed by atoms with Crippen molar-refractivity contribution in [3.8, 4) is 17.2 Å². The minimum atomic E-state index is -0.288. The van der Waals surface area contributed by atoms with E-state index in [1.807, 2.05) is 30.3 Å². The van der Waals surface area contributed by atoms with E-state index in [0.717, 1.165) is 22.0 Å². The zero-order chi connectivity index (χ0) is 17.6. The summed E-state index contributed by atoms with van der Waals surface area (Å²) in [4.78, 5) is 13.4. The van der Waals surface area contributed by atoms with Crippen LogP contribution in [0.5, 0.6) is 5.75 Å². The molecular formula is C18H17N3O3S. The summed E-state index contributed by atoms with van der Waals surface area (Å²) in [6.45, 7) is 2.07. The summed E-state index contributed by atoms with van der Waals surface area (Å²) in [6, 6.07) is 14.7. The van der Waals surface area contributed by atoms with E-state index in [1.165, 1.54) is 0 Å². The molecule has 0 unspecified atom stereocenters. The molecule has 0 saturated heterocycles. The Hall–Kier alpha value is -2.80. The Kier molecular flexibility index (Phi) is 5.35. The van der Waals surface area contributed by atoms with Gasteiger partial charge in [0.05, 0.1) is 7.11 Å². The van der Waals surface area contributed by atoms with Crippen molar-refractivity contribution in [2.24, 2.45) is 0 Å². The molecule has 0 spiro atoms. The Morgan fingerprint density at radius 2 is 2.00 bits per heavy atom. The van der Waals surface area contributed by atoms with Crippen molar-refractivity contribution in [3.05, 3.63) is 54.1 Å². The predicted molar refractivity (Wildman–Crippen MR) is 97.1 cm³/mol. The van der Waals surface area contributed by atoms with Crippen LogP contribution in [0.25, 0.3) is 11.5 Å². The number of methoxy groups -OCH3 is 1. The van der Waals surface area contributed by atoms with Gasteiger partial charge in [0.2, 0.25) is 5.89 Å². The maximum absolute atomic E-state index is 12.3. The second kappa shape index (κ2) is 7.85. The number of nitrogens with zero attached hydrogens (tertiary/aromatic N) is 2. The highest BCUT2D eigenvalue weighted by atomic mass is 32.2. The molecular weight excluding hydrogens is 338 g/mol. The molecule has 0 aliphatic heterocycles. The number of hydrogen-bond acceptors (Lipinski definition) is 6. The summed E-state index contributed by atoms with van der Waals surface area (Å²) in [6.07, 6.45) is 0. The van der Waals surface area contributed by atoms with Gasteiger partial charge in [0.25, 0.3) is 5.91 Å². The fraction of sp³-hybridized carbons (Fsp3) is 0.167. The number of benzene rings is 2. The molecule has 6 nitrogen and oxygen atoms in total. The lowest BCUT2D eigenvalue weighted by molar-refractivity contribution is 0.102. The molecule has 0 aliphatic carbocycles. The summed E-state index contributed by atoms with van der Waals surface area (Å²) in [5, 5.41) is 10.5. The summed E-state index contributed by atoms with van der Waals surface area (Å²) in [5.74, 6) is 1.72. The third kappa shape index (κ3) is 4.19. The van der Waals surface area contributed by atoms with Crippen LogP contribution in [0.3, 0.4) is 0 Å². The molecule has 3 aromatic rings. The number of ether oxygens (including phenoxy) is 1. The molecule has 1 aromatic heterocycles. The van der Waals surface area contributed by atoms with E-state index in [-0.39, 0.29) is 11.9 Å². The summed E-state index contributed by atoms with van der Waals surface area (Å²) in [7, 11) is 1.60. The minimum absolute atomic E-state index is 0.0596. The second-order valence-electron chi connectivity index (χ2n) is 5.06. The third-order valence-corrected chi connectivity index (χ3v) is 4.27. The van der Waals surface area contributed by atoms with Crippen LogP contribution < -0.4 is 10.1 Å². The first kappa shape index (κ1) is 17.0. The predicted octanol–water partition coefficient (Wildman–Crippen LogP) is 4.11. The highest BCUT2D eigenvalue weighted by molar-refractivity contribution is 7.99. The van der Waals surface area contributed by atoms with Crippen molar-refractivity contribution in [2.75, 3.05) is 18.2 Å². The molecule has 2 aromatic carbocycles. The number of thioether (sulfide) groups is 1. The highest BCUT2D eigenvalue weighted by Gasteiger charge is 2.13. The average Bonchev–Trinajstić information content (AvgIpc) is 3.11. The summed E-state index contributed by atoms with van der Waals surface area (Å²) >= 11 is 1.68. The van der Waals surface area contributed by atoms with Crippen molar-refractivity contribution in [3.63, 3.8) is 0 Å². The maximum Gasteiger partial charge on any atom is 0.322 e. The van der Waals surface area contributed by atoms with E-state index in [0.29, 0.717) is 11.5 Å². The van der Waals surface area contributed by atoms with Gasteiger partial charge in [-0.2, -0.15) is 0 Å². The number of hydrogen-bond donors (Lipinski definition) is 1. The smallest absolute Gasteiger partial charge is 0.322 e. The van der Waals surface area contributed by atoms with Crippen LogP contribution in [-0.4, -0.2) is 29.0 Å². The fourth-order valence-electron chi connectivity index (χ4n) is 2.19. The fourth-order valence-corrected chi connectivity index (χ4v) is 2.91. The average molecular weight is 355 g/mol. The number of carbonyl (C=O) groups is 1. The normalized spacial score (nSPS) is 10.5. The molecule has 0 bridgehead atoms. The van der Waals surface area contributed by atoms with Gasteiger partial charge in [-0.15, -0.1) is 16.9 Å². The lowest BCUT2D eigenvalue weighted by Crippen LogP contribution is -2.12. The van der Waals surface area contributed by atoms with E-state index < -0.39 is 0 Å².